The highest BCUT2D eigenvalue weighted by atomic mass is 19.1. The third-order valence-corrected chi connectivity index (χ3v) is 4.97. The molecule has 25 heavy (non-hydrogen) atoms. The number of hydrogen-bond acceptors (Lipinski definition) is 4. The summed E-state index contributed by atoms with van der Waals surface area (Å²) in [6.45, 7) is 7.87. The van der Waals surface area contributed by atoms with Gasteiger partial charge in [0.25, 0.3) is 0 Å². The zero-order chi connectivity index (χ0) is 18.2. The molecule has 1 saturated heterocycles. The van der Waals surface area contributed by atoms with E-state index >= 15 is 0 Å². The lowest BCUT2D eigenvalue weighted by atomic mass is 10.1. The molecule has 2 rings (SSSR count). The summed E-state index contributed by atoms with van der Waals surface area (Å²) in [5.74, 6) is -0.160. The molecule has 0 bridgehead atoms. The molecule has 1 fully saturated rings. The Bertz CT molecular complexity index is 529. The molecule has 140 valence electrons. The van der Waals surface area contributed by atoms with Gasteiger partial charge in [-0.05, 0) is 37.6 Å². The molecule has 6 heteroatoms. The van der Waals surface area contributed by atoms with Crippen LogP contribution in [0.5, 0.6) is 0 Å². The molecule has 1 aromatic rings. The second-order valence-corrected chi connectivity index (χ2v) is 6.76. The van der Waals surface area contributed by atoms with Gasteiger partial charge < -0.3 is 16.0 Å². The molecule has 2 unspecified atom stereocenters. The predicted octanol–water partition coefficient (Wildman–Crippen LogP) is 1.97. The van der Waals surface area contributed by atoms with Crippen LogP contribution in [0.15, 0.2) is 24.3 Å². The molecule has 1 aliphatic heterocycles. The lowest BCUT2D eigenvalue weighted by molar-refractivity contribution is -0.126. The minimum absolute atomic E-state index is 0.0572. The Kier molecular flexibility index (Phi) is 7.65. The monoisotopic (exact) mass is 350 g/mol. The van der Waals surface area contributed by atoms with E-state index in [9.17, 15) is 9.18 Å². The number of unbranched alkanes of at least 4 members (excludes halogenated alkanes) is 1. The number of anilines is 1. The highest BCUT2D eigenvalue weighted by Crippen LogP contribution is 2.18. The molecule has 3 N–H and O–H groups in total. The van der Waals surface area contributed by atoms with E-state index < -0.39 is 0 Å². The summed E-state index contributed by atoms with van der Waals surface area (Å²) < 4.78 is 13.0. The minimum atomic E-state index is -0.217. The van der Waals surface area contributed by atoms with Gasteiger partial charge in [0.2, 0.25) is 5.91 Å². The molecule has 0 aliphatic carbocycles. The molecule has 1 heterocycles. The molecule has 2 atom stereocenters. The smallest absolute Gasteiger partial charge is 0.237 e. The van der Waals surface area contributed by atoms with Crippen LogP contribution in [0.1, 0.15) is 33.1 Å². The second-order valence-electron chi connectivity index (χ2n) is 6.76. The largest absolute Gasteiger partial charge is 0.369 e. The van der Waals surface area contributed by atoms with Gasteiger partial charge in [-0.2, -0.15) is 0 Å². The number of piperazine rings is 1. The normalized spacial score (nSPS) is 18.0. The number of amides is 1. The Morgan fingerprint density at radius 3 is 2.44 bits per heavy atom. The summed E-state index contributed by atoms with van der Waals surface area (Å²) in [7, 11) is 0. The molecule has 5 nitrogen and oxygen atoms in total. The van der Waals surface area contributed by atoms with Crippen molar-refractivity contribution in [2.45, 2.75) is 45.2 Å². The van der Waals surface area contributed by atoms with Gasteiger partial charge in [-0.15, -0.1) is 0 Å². The fraction of sp³-hybridized carbons (Fsp3) is 0.632. The summed E-state index contributed by atoms with van der Waals surface area (Å²) >= 11 is 0. The van der Waals surface area contributed by atoms with Crippen molar-refractivity contribution in [3.8, 4) is 0 Å². The topological polar surface area (TPSA) is 61.6 Å². The average Bonchev–Trinajstić information content (AvgIpc) is 2.65. The van der Waals surface area contributed by atoms with Crippen molar-refractivity contribution in [1.29, 1.82) is 0 Å². The van der Waals surface area contributed by atoms with E-state index in [-0.39, 0.29) is 23.8 Å². The molecule has 0 spiro atoms. The Morgan fingerprint density at radius 1 is 1.24 bits per heavy atom. The van der Waals surface area contributed by atoms with Crippen molar-refractivity contribution in [3.05, 3.63) is 30.1 Å². The van der Waals surface area contributed by atoms with Crippen molar-refractivity contribution < 1.29 is 9.18 Å². The Labute approximate surface area is 150 Å². The number of nitrogens with zero attached hydrogens (tertiary/aromatic N) is 2. The average molecular weight is 350 g/mol. The minimum Gasteiger partial charge on any atom is -0.369 e. The van der Waals surface area contributed by atoms with Gasteiger partial charge in [-0.25, -0.2) is 4.39 Å². The van der Waals surface area contributed by atoms with Gasteiger partial charge in [0.15, 0.2) is 0 Å². The van der Waals surface area contributed by atoms with E-state index in [1.54, 1.807) is 12.1 Å². The fourth-order valence-corrected chi connectivity index (χ4v) is 3.21. The maximum Gasteiger partial charge on any atom is 0.237 e. The summed E-state index contributed by atoms with van der Waals surface area (Å²) in [5, 5.41) is 3.09. The number of nitrogens with two attached hydrogens (primary N) is 1. The number of hydrogen-bond donors (Lipinski definition) is 2. The molecular formula is C19H31FN4O. The SMILES string of the molecule is CCCCC(CN)NC(=O)C(C)N1CCN(c2ccc(F)cc2)CC1. The predicted molar refractivity (Wildman–Crippen MR) is 100 cm³/mol. The van der Waals surface area contributed by atoms with Gasteiger partial charge in [-0.3, -0.25) is 9.69 Å². The van der Waals surface area contributed by atoms with E-state index in [1.807, 2.05) is 6.92 Å². The molecule has 0 aromatic heterocycles. The molecule has 0 saturated carbocycles. The van der Waals surface area contributed by atoms with Crippen LogP contribution < -0.4 is 16.0 Å². The first-order chi connectivity index (χ1) is 12.0. The van der Waals surface area contributed by atoms with Crippen LogP contribution in [0, 0.1) is 5.82 Å². The van der Waals surface area contributed by atoms with E-state index in [1.165, 1.54) is 12.1 Å². The standard InChI is InChI=1S/C19H31FN4O/c1-3-4-5-17(14-21)22-19(25)15(2)23-10-12-24(13-11-23)18-8-6-16(20)7-9-18/h6-9,15,17H,3-5,10-14,21H2,1-2H3,(H,22,25). The second kappa shape index (κ2) is 9.73. The number of halogens is 1. The molecule has 0 radical (unpaired) electrons. The van der Waals surface area contributed by atoms with Crippen molar-refractivity contribution >= 4 is 11.6 Å². The molecule has 1 amide bonds. The van der Waals surface area contributed by atoms with Gasteiger partial charge in [0.1, 0.15) is 5.82 Å². The zero-order valence-corrected chi connectivity index (χ0v) is 15.4. The summed E-state index contributed by atoms with van der Waals surface area (Å²) in [6.07, 6.45) is 3.12. The van der Waals surface area contributed by atoms with Crippen LogP contribution in [-0.4, -0.2) is 55.6 Å². The summed E-state index contributed by atoms with van der Waals surface area (Å²) in [5.41, 5.74) is 6.80. The Morgan fingerprint density at radius 2 is 1.88 bits per heavy atom. The van der Waals surface area contributed by atoms with E-state index in [0.717, 1.165) is 51.1 Å². The van der Waals surface area contributed by atoms with E-state index in [4.69, 9.17) is 5.73 Å². The van der Waals surface area contributed by atoms with Gasteiger partial charge in [0.05, 0.1) is 6.04 Å². The molecule has 1 aromatic carbocycles. The highest BCUT2D eigenvalue weighted by molar-refractivity contribution is 5.81. The van der Waals surface area contributed by atoms with Crippen LogP contribution in [0.4, 0.5) is 10.1 Å². The molecule has 1 aliphatic rings. The zero-order valence-electron chi connectivity index (χ0n) is 15.4. The van der Waals surface area contributed by atoms with Crippen molar-refractivity contribution in [1.82, 2.24) is 10.2 Å². The van der Waals surface area contributed by atoms with E-state index in [2.05, 4.69) is 22.0 Å². The van der Waals surface area contributed by atoms with E-state index in [0.29, 0.717) is 6.54 Å². The maximum absolute atomic E-state index is 13.0. The van der Waals surface area contributed by atoms with Crippen molar-refractivity contribution in [2.75, 3.05) is 37.6 Å². The third-order valence-electron chi connectivity index (χ3n) is 4.97. The van der Waals surface area contributed by atoms with Gasteiger partial charge in [0, 0.05) is 44.5 Å². The quantitative estimate of drug-likeness (QED) is 0.752. The molecular weight excluding hydrogens is 319 g/mol. The first-order valence-electron chi connectivity index (χ1n) is 9.30. The van der Waals surface area contributed by atoms with Crippen LogP contribution in [0.2, 0.25) is 0 Å². The third kappa shape index (κ3) is 5.68. The van der Waals surface area contributed by atoms with Gasteiger partial charge >= 0.3 is 0 Å². The van der Waals surface area contributed by atoms with Gasteiger partial charge in [-0.1, -0.05) is 19.8 Å². The van der Waals surface area contributed by atoms with Crippen molar-refractivity contribution in [3.63, 3.8) is 0 Å². The number of carbonyl (C=O) groups is 1. The van der Waals surface area contributed by atoms with Crippen LogP contribution in [0.25, 0.3) is 0 Å². The lowest BCUT2D eigenvalue weighted by Crippen LogP contribution is -2.55. The highest BCUT2D eigenvalue weighted by Gasteiger charge is 2.26. The Hall–Kier alpha value is -1.66. The lowest BCUT2D eigenvalue weighted by Gasteiger charge is -2.38. The van der Waals surface area contributed by atoms with Crippen LogP contribution in [-0.2, 0) is 4.79 Å². The van der Waals surface area contributed by atoms with Crippen LogP contribution >= 0.6 is 0 Å². The summed E-state index contributed by atoms with van der Waals surface area (Å²) in [4.78, 5) is 16.9. The Balaban J connectivity index is 1.82. The maximum atomic E-state index is 13.0. The first-order valence-corrected chi connectivity index (χ1v) is 9.30. The fourth-order valence-electron chi connectivity index (χ4n) is 3.21. The number of carbonyl (C=O) groups excluding carboxylic acids is 1. The summed E-state index contributed by atoms with van der Waals surface area (Å²) in [6, 6.07) is 6.49. The number of nitrogens with one attached hydrogen (secondary N) is 1. The van der Waals surface area contributed by atoms with Crippen molar-refractivity contribution in [2.24, 2.45) is 5.73 Å². The van der Waals surface area contributed by atoms with Crippen LogP contribution in [0.3, 0.4) is 0 Å². The first kappa shape index (κ1) is 19.7. The number of rotatable bonds is 8. The number of benzene rings is 1.